The van der Waals surface area contributed by atoms with Gasteiger partial charge in [-0.25, -0.2) is 8.42 Å². The highest BCUT2D eigenvalue weighted by atomic mass is 32.2. The lowest BCUT2D eigenvalue weighted by molar-refractivity contribution is 0.396. The summed E-state index contributed by atoms with van der Waals surface area (Å²) < 4.78 is 22.8. The van der Waals surface area contributed by atoms with E-state index in [1.807, 2.05) is 6.92 Å². The largest absolute Gasteiger partial charge is 0.229 e. The molecular weight excluding hydrogens is 184 g/mol. The molecule has 0 bridgehead atoms. The van der Waals surface area contributed by atoms with E-state index in [2.05, 4.69) is 6.92 Å². The Morgan fingerprint density at radius 1 is 1.38 bits per heavy atom. The maximum atomic E-state index is 11.4. The minimum atomic E-state index is -2.72. The van der Waals surface area contributed by atoms with Crippen molar-refractivity contribution >= 4 is 9.84 Å². The van der Waals surface area contributed by atoms with E-state index in [9.17, 15) is 8.42 Å². The molecule has 0 amide bonds. The van der Waals surface area contributed by atoms with Crippen LogP contribution in [0.4, 0.5) is 0 Å². The summed E-state index contributed by atoms with van der Waals surface area (Å²) in [5, 5.41) is -0.0943. The smallest absolute Gasteiger partial charge is 0.152 e. The average molecular weight is 204 g/mol. The molecule has 0 spiro atoms. The molecule has 2 atom stereocenters. The van der Waals surface area contributed by atoms with E-state index in [0.29, 0.717) is 11.7 Å². The Kier molecular flexibility index (Phi) is 3.77. The molecule has 0 radical (unpaired) electrons. The average Bonchev–Trinajstić information content (AvgIpc) is 2.07. The molecule has 0 aromatic heterocycles. The van der Waals surface area contributed by atoms with Gasteiger partial charge in [0.2, 0.25) is 0 Å². The number of hydrogen-bond acceptors (Lipinski definition) is 2. The monoisotopic (exact) mass is 204 g/mol. The van der Waals surface area contributed by atoms with Crippen molar-refractivity contribution in [2.45, 2.75) is 51.2 Å². The van der Waals surface area contributed by atoms with Crippen molar-refractivity contribution in [1.82, 2.24) is 0 Å². The van der Waals surface area contributed by atoms with Crippen molar-refractivity contribution < 1.29 is 8.42 Å². The molecule has 0 aromatic rings. The van der Waals surface area contributed by atoms with E-state index in [4.69, 9.17) is 0 Å². The first-order valence-electron chi connectivity index (χ1n) is 5.28. The maximum absolute atomic E-state index is 11.4. The van der Waals surface area contributed by atoms with Crippen LogP contribution < -0.4 is 0 Å². The van der Waals surface area contributed by atoms with E-state index in [-0.39, 0.29) is 5.25 Å². The first-order chi connectivity index (χ1) is 6.06. The van der Waals surface area contributed by atoms with E-state index in [1.54, 1.807) is 0 Å². The van der Waals surface area contributed by atoms with Gasteiger partial charge in [0.1, 0.15) is 0 Å². The van der Waals surface area contributed by atoms with Crippen molar-refractivity contribution in [3.63, 3.8) is 0 Å². The van der Waals surface area contributed by atoms with Crippen molar-refractivity contribution in [1.29, 1.82) is 0 Å². The normalized spacial score (nSPS) is 33.1. The molecule has 0 saturated carbocycles. The lowest BCUT2D eigenvalue weighted by Crippen LogP contribution is -2.30. The van der Waals surface area contributed by atoms with E-state index < -0.39 is 9.84 Å². The molecule has 1 fully saturated rings. The molecule has 2 nitrogen and oxygen atoms in total. The topological polar surface area (TPSA) is 34.1 Å². The van der Waals surface area contributed by atoms with Crippen LogP contribution in [-0.4, -0.2) is 19.4 Å². The zero-order valence-corrected chi connectivity index (χ0v) is 9.44. The Hall–Kier alpha value is -0.0500. The fourth-order valence-electron chi connectivity index (χ4n) is 2.02. The minimum Gasteiger partial charge on any atom is -0.229 e. The van der Waals surface area contributed by atoms with Gasteiger partial charge >= 0.3 is 0 Å². The van der Waals surface area contributed by atoms with Crippen LogP contribution in [0.2, 0.25) is 0 Å². The van der Waals surface area contributed by atoms with Crippen LogP contribution in [0.3, 0.4) is 0 Å². The molecule has 0 N–H and O–H groups in total. The quantitative estimate of drug-likeness (QED) is 0.707. The van der Waals surface area contributed by atoms with Crippen LogP contribution in [0, 0.1) is 5.92 Å². The van der Waals surface area contributed by atoms with Crippen LogP contribution in [0.5, 0.6) is 0 Å². The van der Waals surface area contributed by atoms with E-state index in [0.717, 1.165) is 12.8 Å². The van der Waals surface area contributed by atoms with E-state index in [1.165, 1.54) is 19.3 Å². The highest BCUT2D eigenvalue weighted by molar-refractivity contribution is 7.92. The Morgan fingerprint density at radius 2 is 2.08 bits per heavy atom. The Bertz CT molecular complexity index is 244. The zero-order valence-electron chi connectivity index (χ0n) is 8.62. The van der Waals surface area contributed by atoms with Gasteiger partial charge in [-0.1, -0.05) is 26.2 Å². The molecule has 78 valence electrons. The first kappa shape index (κ1) is 11.0. The summed E-state index contributed by atoms with van der Waals surface area (Å²) in [4.78, 5) is 0. The third-order valence-electron chi connectivity index (χ3n) is 3.05. The zero-order chi connectivity index (χ0) is 9.90. The van der Waals surface area contributed by atoms with Crippen molar-refractivity contribution in [3.8, 4) is 0 Å². The second-order valence-electron chi connectivity index (χ2n) is 4.21. The van der Waals surface area contributed by atoms with Gasteiger partial charge in [0.25, 0.3) is 0 Å². The van der Waals surface area contributed by atoms with Gasteiger partial charge in [-0.3, -0.25) is 0 Å². The number of rotatable bonds is 3. The van der Waals surface area contributed by atoms with Gasteiger partial charge in [-0.05, 0) is 25.7 Å². The van der Waals surface area contributed by atoms with Crippen LogP contribution in [-0.2, 0) is 9.84 Å². The minimum absolute atomic E-state index is 0.0943. The standard InChI is InChI=1S/C10H20O2S/c1-3-4-5-10-6-7-13(11,12)9(2)8-10/h9-10H,3-8H2,1-2H3/t9-,10+/m0/s1. The maximum Gasteiger partial charge on any atom is 0.152 e. The molecule has 0 aromatic carbocycles. The third-order valence-corrected chi connectivity index (χ3v) is 5.28. The molecular formula is C10H20O2S. The molecule has 0 unspecified atom stereocenters. The SMILES string of the molecule is CCCC[C@@H]1CCS(=O)(=O)[C@@H](C)C1. The fourth-order valence-corrected chi connectivity index (χ4v) is 3.65. The van der Waals surface area contributed by atoms with E-state index >= 15 is 0 Å². The first-order valence-corrected chi connectivity index (χ1v) is 6.99. The summed E-state index contributed by atoms with van der Waals surface area (Å²) in [5.41, 5.74) is 0. The summed E-state index contributed by atoms with van der Waals surface area (Å²) in [6.07, 6.45) is 5.47. The van der Waals surface area contributed by atoms with Gasteiger partial charge in [0.05, 0.1) is 11.0 Å². The van der Waals surface area contributed by atoms with Gasteiger partial charge < -0.3 is 0 Å². The van der Waals surface area contributed by atoms with Crippen molar-refractivity contribution in [3.05, 3.63) is 0 Å². The Balaban J connectivity index is 2.42. The number of hydrogen-bond donors (Lipinski definition) is 0. The predicted molar refractivity (Wildman–Crippen MR) is 55.5 cm³/mol. The highest BCUT2D eigenvalue weighted by Gasteiger charge is 2.29. The molecule has 3 heteroatoms. The molecule has 13 heavy (non-hydrogen) atoms. The molecule has 1 aliphatic heterocycles. The summed E-state index contributed by atoms with van der Waals surface area (Å²) in [7, 11) is -2.72. The molecule has 0 aliphatic carbocycles. The van der Waals surface area contributed by atoms with Crippen LogP contribution >= 0.6 is 0 Å². The van der Waals surface area contributed by atoms with Gasteiger partial charge in [0, 0.05) is 0 Å². The van der Waals surface area contributed by atoms with Gasteiger partial charge in [-0.15, -0.1) is 0 Å². The van der Waals surface area contributed by atoms with Crippen LogP contribution in [0.25, 0.3) is 0 Å². The predicted octanol–water partition coefficient (Wildman–Crippen LogP) is 2.39. The van der Waals surface area contributed by atoms with Crippen LogP contribution in [0.1, 0.15) is 46.0 Å². The number of unbranched alkanes of at least 4 members (excludes halogenated alkanes) is 1. The second kappa shape index (κ2) is 4.45. The highest BCUT2D eigenvalue weighted by Crippen LogP contribution is 2.28. The lowest BCUT2D eigenvalue weighted by Gasteiger charge is -2.26. The summed E-state index contributed by atoms with van der Waals surface area (Å²) in [6, 6.07) is 0. The Labute approximate surface area is 81.6 Å². The molecule has 1 aliphatic rings. The third kappa shape index (κ3) is 2.97. The van der Waals surface area contributed by atoms with Gasteiger partial charge in [0.15, 0.2) is 9.84 Å². The van der Waals surface area contributed by atoms with Crippen molar-refractivity contribution in [2.24, 2.45) is 5.92 Å². The van der Waals surface area contributed by atoms with Gasteiger partial charge in [-0.2, -0.15) is 0 Å². The lowest BCUT2D eigenvalue weighted by atomic mass is 9.94. The fraction of sp³-hybridized carbons (Fsp3) is 1.00. The summed E-state index contributed by atoms with van der Waals surface area (Å²) >= 11 is 0. The van der Waals surface area contributed by atoms with Crippen molar-refractivity contribution in [2.75, 3.05) is 5.75 Å². The molecule has 1 rings (SSSR count). The Morgan fingerprint density at radius 3 is 2.62 bits per heavy atom. The van der Waals surface area contributed by atoms with Crippen LogP contribution in [0.15, 0.2) is 0 Å². The molecule has 1 saturated heterocycles. The summed E-state index contributed by atoms with van der Waals surface area (Å²) in [5.74, 6) is 1.08. The summed E-state index contributed by atoms with van der Waals surface area (Å²) in [6.45, 7) is 4.04. The number of sulfone groups is 1. The second-order valence-corrected chi connectivity index (χ2v) is 6.75. The molecule has 1 heterocycles.